The van der Waals surface area contributed by atoms with Gasteiger partial charge < -0.3 is 5.11 Å². The molecule has 1 N–H and O–H groups in total. The summed E-state index contributed by atoms with van der Waals surface area (Å²) in [6, 6.07) is 6.91. The highest BCUT2D eigenvalue weighted by molar-refractivity contribution is 8.01. The number of aromatic hydroxyl groups is 1. The van der Waals surface area contributed by atoms with Crippen LogP contribution in [-0.2, 0) is 0 Å². The molecule has 112 valence electrons. The van der Waals surface area contributed by atoms with Crippen LogP contribution in [-0.4, -0.2) is 26.0 Å². The van der Waals surface area contributed by atoms with Gasteiger partial charge in [-0.15, -0.1) is 20.4 Å². The number of azo groups is 1. The second-order valence-corrected chi connectivity index (χ2v) is 6.70. The summed E-state index contributed by atoms with van der Waals surface area (Å²) in [5, 5.41) is 27.5. The van der Waals surface area contributed by atoms with Crippen LogP contribution >= 0.6 is 23.1 Å². The van der Waals surface area contributed by atoms with Crippen LogP contribution in [0.3, 0.4) is 0 Å². The summed E-state index contributed by atoms with van der Waals surface area (Å²) in [6.07, 6.45) is 2.72. The quantitative estimate of drug-likeness (QED) is 0.540. The van der Waals surface area contributed by atoms with Gasteiger partial charge in [0.25, 0.3) is 5.13 Å². The fourth-order valence-electron chi connectivity index (χ4n) is 1.82. The Hall–Kier alpha value is -2.06. The Labute approximate surface area is 135 Å². The van der Waals surface area contributed by atoms with E-state index in [0.717, 1.165) is 21.9 Å². The Morgan fingerprint density at radius 1 is 1.23 bits per heavy atom. The predicted molar refractivity (Wildman–Crippen MR) is 88.5 cm³/mol. The van der Waals surface area contributed by atoms with E-state index in [1.54, 1.807) is 36.2 Å². The van der Waals surface area contributed by atoms with Crippen LogP contribution < -0.4 is 0 Å². The van der Waals surface area contributed by atoms with Crippen molar-refractivity contribution in [2.45, 2.75) is 17.7 Å². The highest BCUT2D eigenvalue weighted by Crippen LogP contribution is 2.33. The maximum Gasteiger partial charge on any atom is 0.252 e. The topological polar surface area (TPSA) is 83.6 Å². The average Bonchev–Trinajstić information content (AvgIpc) is 3.00. The SMILES string of the molecule is CCCSc1nnc(N=Nc2ccc(O)c3ncccc23)s1. The highest BCUT2D eigenvalue weighted by atomic mass is 32.2. The number of rotatable bonds is 5. The lowest BCUT2D eigenvalue weighted by molar-refractivity contribution is 0.480. The molecule has 2 heterocycles. The molecule has 0 amide bonds. The third kappa shape index (κ3) is 3.23. The summed E-state index contributed by atoms with van der Waals surface area (Å²) in [4.78, 5) is 4.15. The van der Waals surface area contributed by atoms with Crippen molar-refractivity contribution in [3.63, 3.8) is 0 Å². The first-order valence-corrected chi connectivity index (χ1v) is 8.53. The Bertz CT molecular complexity index is 818. The van der Waals surface area contributed by atoms with Gasteiger partial charge in [-0.3, -0.25) is 4.98 Å². The van der Waals surface area contributed by atoms with E-state index in [-0.39, 0.29) is 5.75 Å². The van der Waals surface area contributed by atoms with Crippen molar-refractivity contribution in [3.8, 4) is 5.75 Å². The van der Waals surface area contributed by atoms with Gasteiger partial charge in [-0.25, -0.2) is 0 Å². The molecule has 0 aliphatic heterocycles. The fraction of sp³-hybridized carbons (Fsp3) is 0.214. The van der Waals surface area contributed by atoms with Gasteiger partial charge in [0.05, 0.1) is 5.69 Å². The number of fused-ring (bicyclic) bond motifs is 1. The first-order valence-electron chi connectivity index (χ1n) is 6.72. The zero-order chi connectivity index (χ0) is 15.4. The molecule has 8 heteroatoms. The van der Waals surface area contributed by atoms with Crippen LogP contribution in [0, 0.1) is 0 Å². The van der Waals surface area contributed by atoms with Gasteiger partial charge in [-0.1, -0.05) is 30.0 Å². The number of aromatic nitrogens is 3. The minimum absolute atomic E-state index is 0.128. The number of thioether (sulfide) groups is 1. The largest absolute Gasteiger partial charge is 0.506 e. The first-order chi connectivity index (χ1) is 10.8. The first kappa shape index (κ1) is 14.9. The van der Waals surface area contributed by atoms with Gasteiger partial charge in [0, 0.05) is 17.3 Å². The van der Waals surface area contributed by atoms with Crippen LogP contribution in [0.4, 0.5) is 10.8 Å². The second kappa shape index (κ2) is 6.80. The monoisotopic (exact) mass is 331 g/mol. The molecule has 1 aromatic carbocycles. The number of pyridine rings is 1. The van der Waals surface area contributed by atoms with Crippen molar-refractivity contribution < 1.29 is 5.11 Å². The Kier molecular flexibility index (Phi) is 4.59. The van der Waals surface area contributed by atoms with E-state index < -0.39 is 0 Å². The second-order valence-electron chi connectivity index (χ2n) is 4.40. The van der Waals surface area contributed by atoms with Crippen molar-refractivity contribution >= 4 is 44.8 Å². The van der Waals surface area contributed by atoms with E-state index in [1.165, 1.54) is 11.3 Å². The van der Waals surface area contributed by atoms with Crippen LogP contribution in [0.15, 0.2) is 45.0 Å². The molecule has 0 aliphatic rings. The third-order valence-corrected chi connectivity index (χ3v) is 4.94. The number of phenolic OH excluding ortho intramolecular Hbond substituents is 1. The smallest absolute Gasteiger partial charge is 0.252 e. The standard InChI is InChI=1S/C14H13N5OS2/c1-2-8-21-14-19-18-13(22-14)17-16-10-5-6-11(20)12-9(10)4-3-7-15-12/h3-7,20H,2,8H2,1H3. The molecule has 0 saturated carbocycles. The van der Waals surface area contributed by atoms with E-state index in [2.05, 4.69) is 32.3 Å². The van der Waals surface area contributed by atoms with Crippen molar-refractivity contribution in [2.24, 2.45) is 10.2 Å². The number of nitrogens with zero attached hydrogens (tertiary/aromatic N) is 5. The molecule has 3 rings (SSSR count). The number of phenols is 1. The summed E-state index contributed by atoms with van der Waals surface area (Å²) < 4.78 is 0.896. The van der Waals surface area contributed by atoms with Gasteiger partial charge >= 0.3 is 0 Å². The van der Waals surface area contributed by atoms with E-state index >= 15 is 0 Å². The van der Waals surface area contributed by atoms with Gasteiger partial charge in [0.15, 0.2) is 4.34 Å². The van der Waals surface area contributed by atoms with E-state index in [4.69, 9.17) is 0 Å². The Morgan fingerprint density at radius 3 is 3.00 bits per heavy atom. The van der Waals surface area contributed by atoms with Crippen molar-refractivity contribution in [3.05, 3.63) is 30.5 Å². The molecule has 0 bridgehead atoms. The lowest BCUT2D eigenvalue weighted by Gasteiger charge is -2.01. The van der Waals surface area contributed by atoms with Gasteiger partial charge in [0.2, 0.25) is 0 Å². The van der Waals surface area contributed by atoms with Crippen LogP contribution in [0.2, 0.25) is 0 Å². The van der Waals surface area contributed by atoms with Crippen molar-refractivity contribution in [1.82, 2.24) is 15.2 Å². The van der Waals surface area contributed by atoms with Crippen LogP contribution in [0.25, 0.3) is 10.9 Å². The molecule has 0 aliphatic carbocycles. The summed E-state index contributed by atoms with van der Waals surface area (Å²) in [5.74, 6) is 1.14. The Balaban J connectivity index is 1.86. The van der Waals surface area contributed by atoms with Gasteiger partial charge in [-0.05, 0) is 30.7 Å². The van der Waals surface area contributed by atoms with E-state index in [9.17, 15) is 5.11 Å². The maximum atomic E-state index is 9.81. The van der Waals surface area contributed by atoms with Gasteiger partial charge in [0.1, 0.15) is 11.3 Å². The number of benzene rings is 1. The minimum Gasteiger partial charge on any atom is -0.506 e. The maximum absolute atomic E-state index is 9.81. The average molecular weight is 331 g/mol. The molecule has 22 heavy (non-hydrogen) atoms. The summed E-state index contributed by atoms with van der Waals surface area (Å²) >= 11 is 3.08. The van der Waals surface area contributed by atoms with E-state index in [1.807, 2.05) is 6.07 Å². The van der Waals surface area contributed by atoms with Gasteiger partial charge in [-0.2, -0.15) is 0 Å². The molecule has 0 atom stereocenters. The lowest BCUT2D eigenvalue weighted by atomic mass is 10.2. The third-order valence-electron chi connectivity index (χ3n) is 2.79. The fourth-order valence-corrected chi connectivity index (χ4v) is 3.40. The number of hydrogen-bond acceptors (Lipinski definition) is 8. The normalized spacial score (nSPS) is 11.5. The molecule has 2 aromatic heterocycles. The molecular weight excluding hydrogens is 318 g/mol. The molecule has 3 aromatic rings. The zero-order valence-electron chi connectivity index (χ0n) is 11.8. The molecular formula is C14H13N5OS2. The molecule has 6 nitrogen and oxygen atoms in total. The van der Waals surface area contributed by atoms with E-state index in [0.29, 0.717) is 16.3 Å². The summed E-state index contributed by atoms with van der Waals surface area (Å²) in [6.45, 7) is 2.12. The predicted octanol–water partition coefficient (Wildman–Crippen LogP) is 4.71. The lowest BCUT2D eigenvalue weighted by Crippen LogP contribution is -1.79. The van der Waals surface area contributed by atoms with Crippen molar-refractivity contribution in [1.29, 1.82) is 0 Å². The molecule has 0 spiro atoms. The Morgan fingerprint density at radius 2 is 2.14 bits per heavy atom. The molecule has 0 unspecified atom stereocenters. The summed E-state index contributed by atoms with van der Waals surface area (Å²) in [7, 11) is 0. The zero-order valence-corrected chi connectivity index (χ0v) is 13.4. The molecule has 0 radical (unpaired) electrons. The number of hydrogen-bond donors (Lipinski definition) is 1. The van der Waals surface area contributed by atoms with Crippen LogP contribution in [0.5, 0.6) is 5.75 Å². The van der Waals surface area contributed by atoms with Crippen molar-refractivity contribution in [2.75, 3.05) is 5.75 Å². The molecule has 0 saturated heterocycles. The van der Waals surface area contributed by atoms with Crippen LogP contribution in [0.1, 0.15) is 13.3 Å². The highest BCUT2D eigenvalue weighted by Gasteiger charge is 2.07. The minimum atomic E-state index is 0.128. The molecule has 0 fully saturated rings. The summed E-state index contributed by atoms with van der Waals surface area (Å²) in [5.41, 5.74) is 1.15.